The zero-order valence-corrected chi connectivity index (χ0v) is 7.50. The number of hydrogen-bond donors (Lipinski definition) is 0. The van der Waals surface area contributed by atoms with Gasteiger partial charge < -0.3 is 0 Å². The Morgan fingerprint density at radius 3 is 2.36 bits per heavy atom. The van der Waals surface area contributed by atoms with Crippen LogP contribution in [0.15, 0.2) is 0 Å². The van der Waals surface area contributed by atoms with Crippen molar-refractivity contribution in [1.82, 2.24) is 0 Å². The average molecular weight is 164 g/mol. The van der Waals surface area contributed by atoms with Crippen molar-refractivity contribution in [2.45, 2.75) is 53.2 Å². The van der Waals surface area contributed by atoms with Crippen molar-refractivity contribution in [2.24, 2.45) is 17.2 Å². The predicted octanol–water partition coefficient (Wildman–Crippen LogP) is 3.86. The van der Waals surface area contributed by atoms with E-state index in [0.29, 0.717) is 0 Å². The fourth-order valence-corrected chi connectivity index (χ4v) is 1.12. The van der Waals surface area contributed by atoms with Crippen LogP contribution in [0.2, 0.25) is 0 Å². The second kappa shape index (κ2) is 3.16. The number of hydrogen-bond acceptors (Lipinski definition) is 0. The highest BCUT2D eigenvalue weighted by Crippen LogP contribution is 2.41. The highest BCUT2D eigenvalue weighted by atomic mass is 14.4. The van der Waals surface area contributed by atoms with Crippen molar-refractivity contribution in [1.29, 1.82) is 0 Å². The quantitative estimate of drug-likeness (QED) is 0.510. The highest BCUT2D eigenvalue weighted by molar-refractivity contribution is 4.81. The van der Waals surface area contributed by atoms with Crippen LogP contribution < -0.4 is 0 Å². The minimum Gasteiger partial charge on any atom is -0.0622 e. The van der Waals surface area contributed by atoms with Crippen molar-refractivity contribution < 1.29 is 13.7 Å². The van der Waals surface area contributed by atoms with Crippen molar-refractivity contribution in [2.75, 3.05) is 0 Å². The van der Waals surface area contributed by atoms with E-state index in [1.54, 1.807) is 0 Å². The molecule has 1 saturated carbocycles. The molecule has 11 heavy (non-hydrogen) atoms. The third-order valence-corrected chi connectivity index (χ3v) is 1.62. The Balaban J connectivity index is 3.93. The summed E-state index contributed by atoms with van der Waals surface area (Å²) in [6.07, 6.45) is -12.6. The molecule has 0 spiro atoms. The molecule has 0 aromatic heterocycles. The summed E-state index contributed by atoms with van der Waals surface area (Å²) in [5.74, 6) is -5.01. The zero-order chi connectivity index (χ0) is 17.5. The Morgan fingerprint density at radius 2 is 1.82 bits per heavy atom. The van der Waals surface area contributed by atoms with Crippen LogP contribution in [-0.4, -0.2) is 0 Å². The maximum atomic E-state index is 8.56. The summed E-state index contributed by atoms with van der Waals surface area (Å²) >= 11 is 0. The van der Waals surface area contributed by atoms with E-state index in [4.69, 9.17) is 13.7 Å². The molecule has 2 unspecified atom stereocenters. The molecule has 0 aromatic carbocycles. The van der Waals surface area contributed by atoms with Gasteiger partial charge in [-0.2, -0.15) is 0 Å². The zero-order valence-electron chi connectivity index (χ0n) is 17.5. The average Bonchev–Trinajstić information content (AvgIpc) is 2.23. The topological polar surface area (TPSA) is 0 Å². The van der Waals surface area contributed by atoms with Crippen molar-refractivity contribution >= 4 is 0 Å². The summed E-state index contributed by atoms with van der Waals surface area (Å²) < 4.78 is 80.4. The van der Waals surface area contributed by atoms with Gasteiger partial charge in [-0.25, -0.2) is 0 Å². The monoisotopic (exact) mass is 164 g/mol. The lowest BCUT2D eigenvalue weighted by Gasteiger charge is -2.38. The maximum Gasteiger partial charge on any atom is 0.0311 e. The standard InChI is InChI=1S/C11H22/c1-9-7-5-6-8-10(9)11(2,3)4/h9-10H,5-8H2,1-4H3/i5D2,6D2,7D2,8D2,9D,10D. The van der Waals surface area contributed by atoms with E-state index < -0.39 is 42.7 Å². The van der Waals surface area contributed by atoms with Crippen LogP contribution in [0.4, 0.5) is 0 Å². The molecule has 0 radical (unpaired) electrons. The fourth-order valence-electron chi connectivity index (χ4n) is 1.12. The highest BCUT2D eigenvalue weighted by Gasteiger charge is 2.30. The SMILES string of the molecule is [2H]C1([2H])C([2H])([2H])C([2H])([2H])C([2H])(C(C)(C)C)C([2H])(C)C1([2H])[2H]. The van der Waals surface area contributed by atoms with Crippen molar-refractivity contribution in [3.8, 4) is 0 Å². The summed E-state index contributed by atoms with van der Waals surface area (Å²) in [7, 11) is 0. The first-order valence-corrected chi connectivity index (χ1v) is 3.75. The van der Waals surface area contributed by atoms with E-state index in [1.807, 2.05) is 0 Å². The van der Waals surface area contributed by atoms with Crippen LogP contribution in [0.1, 0.15) is 66.9 Å². The molecular formula is C11H22. The molecule has 1 rings (SSSR count). The Kier molecular flexibility index (Phi) is 0.717. The van der Waals surface area contributed by atoms with E-state index in [1.165, 1.54) is 20.8 Å². The van der Waals surface area contributed by atoms with E-state index >= 15 is 0 Å². The van der Waals surface area contributed by atoms with Gasteiger partial charge in [0.1, 0.15) is 0 Å². The van der Waals surface area contributed by atoms with Gasteiger partial charge in [-0.15, -0.1) is 0 Å². The van der Waals surface area contributed by atoms with E-state index in [0.717, 1.165) is 6.92 Å². The van der Waals surface area contributed by atoms with Crippen LogP contribution in [-0.2, 0) is 0 Å². The summed E-state index contributed by atoms with van der Waals surface area (Å²) in [6.45, 7) is 5.31. The molecule has 0 nitrogen and oxygen atoms in total. The third kappa shape index (κ3) is 2.21. The van der Waals surface area contributed by atoms with Crippen LogP contribution >= 0.6 is 0 Å². The summed E-state index contributed by atoms with van der Waals surface area (Å²) in [5, 5.41) is 0. The van der Waals surface area contributed by atoms with Gasteiger partial charge >= 0.3 is 0 Å². The molecule has 66 valence electrons. The molecule has 0 heteroatoms. The molecule has 0 aliphatic heterocycles. The second-order valence-electron chi connectivity index (χ2n) is 3.75. The molecule has 2 atom stereocenters. The Morgan fingerprint density at radius 1 is 1.27 bits per heavy atom. The molecule has 1 aliphatic rings. The van der Waals surface area contributed by atoms with E-state index in [-0.39, 0.29) is 0 Å². The van der Waals surface area contributed by atoms with Gasteiger partial charge in [-0.1, -0.05) is 46.8 Å². The van der Waals surface area contributed by atoms with Gasteiger partial charge in [0.25, 0.3) is 0 Å². The lowest BCUT2D eigenvalue weighted by Crippen LogP contribution is -2.29. The molecule has 1 aliphatic carbocycles. The summed E-state index contributed by atoms with van der Waals surface area (Å²) in [6, 6.07) is 0. The lowest BCUT2D eigenvalue weighted by atomic mass is 9.67. The van der Waals surface area contributed by atoms with Crippen LogP contribution in [0.25, 0.3) is 0 Å². The lowest BCUT2D eigenvalue weighted by molar-refractivity contribution is 0.119. The summed E-state index contributed by atoms with van der Waals surface area (Å²) in [5.41, 5.74) is -1.29. The van der Waals surface area contributed by atoms with Gasteiger partial charge in [0.05, 0.1) is 0 Å². The minimum atomic E-state index is -3.26. The third-order valence-electron chi connectivity index (χ3n) is 1.62. The second-order valence-corrected chi connectivity index (χ2v) is 3.75. The largest absolute Gasteiger partial charge is 0.0622 e. The van der Waals surface area contributed by atoms with Gasteiger partial charge in [0.2, 0.25) is 0 Å². The normalized spacial score (nSPS) is 78.9. The van der Waals surface area contributed by atoms with Crippen LogP contribution in [0.3, 0.4) is 0 Å². The molecule has 0 saturated heterocycles. The first kappa shape index (κ1) is 2.49. The maximum absolute atomic E-state index is 8.56. The van der Waals surface area contributed by atoms with Crippen LogP contribution in [0, 0.1) is 17.2 Å². The first-order chi connectivity index (χ1) is 8.75. The summed E-state index contributed by atoms with van der Waals surface area (Å²) in [4.78, 5) is 0. The Labute approximate surface area is 85.4 Å². The molecule has 1 fully saturated rings. The molecule has 0 N–H and O–H groups in total. The molecular weight excluding hydrogens is 132 g/mol. The van der Waals surface area contributed by atoms with Crippen molar-refractivity contribution in [3.05, 3.63) is 0 Å². The molecule has 0 bridgehead atoms. The Bertz CT molecular complexity index is 412. The first-order valence-electron chi connectivity index (χ1n) is 8.75. The Hall–Kier alpha value is 0. The number of rotatable bonds is 0. The molecule has 0 amide bonds. The van der Waals surface area contributed by atoms with Gasteiger partial charge in [-0.05, 0) is 23.6 Å². The van der Waals surface area contributed by atoms with Crippen molar-refractivity contribution in [3.63, 3.8) is 0 Å². The van der Waals surface area contributed by atoms with Gasteiger partial charge in [-0.3, -0.25) is 0 Å². The minimum absolute atomic E-state index is 0.982. The molecule has 0 aromatic rings. The van der Waals surface area contributed by atoms with Crippen LogP contribution in [0.5, 0.6) is 0 Å². The fraction of sp³-hybridized carbons (Fsp3) is 1.00. The van der Waals surface area contributed by atoms with Gasteiger partial charge in [0, 0.05) is 13.7 Å². The smallest absolute Gasteiger partial charge is 0.0311 e. The van der Waals surface area contributed by atoms with Gasteiger partial charge in [0.15, 0.2) is 0 Å². The molecule has 0 heterocycles. The van der Waals surface area contributed by atoms with E-state index in [9.17, 15) is 0 Å². The predicted molar refractivity (Wildman–Crippen MR) is 50.6 cm³/mol. The van der Waals surface area contributed by atoms with E-state index in [2.05, 4.69) is 0 Å².